The minimum Gasteiger partial charge on any atom is -0.508 e. The minimum atomic E-state index is -0.164. The Morgan fingerprint density at radius 2 is 1.74 bits per heavy atom. The van der Waals surface area contributed by atoms with Crippen molar-refractivity contribution in [3.05, 3.63) is 24.3 Å². The Morgan fingerprint density at radius 3 is 2.33 bits per heavy atom. The van der Waals surface area contributed by atoms with E-state index in [-0.39, 0.29) is 16.4 Å². The molecule has 0 amide bonds. The quantitative estimate of drug-likeness (QED) is 0.793. The lowest BCUT2D eigenvalue weighted by Crippen LogP contribution is -2.51. The zero-order chi connectivity index (χ0) is 18.6. The summed E-state index contributed by atoms with van der Waals surface area (Å²) >= 11 is 1.45. The van der Waals surface area contributed by atoms with Gasteiger partial charge in [0, 0.05) is 5.41 Å². The van der Waals surface area contributed by atoms with E-state index in [2.05, 4.69) is 15.5 Å². The van der Waals surface area contributed by atoms with Crippen LogP contribution in [0.4, 0.5) is 0 Å². The molecule has 1 N–H and O–H groups in total. The predicted octanol–water partition coefficient (Wildman–Crippen LogP) is 3.63. The summed E-state index contributed by atoms with van der Waals surface area (Å²) in [5, 5.41) is 21.9. The maximum absolute atomic E-state index is 13.5. The Labute approximate surface area is 162 Å². The first-order chi connectivity index (χ1) is 13.0. The number of tetrazole rings is 1. The molecule has 1 atom stereocenters. The number of hydrogen-bond donors (Lipinski definition) is 1. The molecule has 4 saturated carbocycles. The maximum atomic E-state index is 13.5. The molecular formula is C20H24N4O2S. The lowest BCUT2D eigenvalue weighted by Gasteiger charge is -2.56. The van der Waals surface area contributed by atoms with Crippen molar-refractivity contribution >= 4 is 17.5 Å². The molecule has 1 aromatic carbocycles. The third kappa shape index (κ3) is 2.96. The number of aromatic nitrogens is 4. The highest BCUT2D eigenvalue weighted by atomic mass is 32.2. The molecule has 1 aromatic heterocycles. The van der Waals surface area contributed by atoms with Crippen molar-refractivity contribution in [3.63, 3.8) is 0 Å². The van der Waals surface area contributed by atoms with E-state index in [0.717, 1.165) is 42.7 Å². The molecule has 0 aliphatic heterocycles. The van der Waals surface area contributed by atoms with E-state index >= 15 is 0 Å². The van der Waals surface area contributed by atoms with Crippen LogP contribution in [-0.2, 0) is 4.79 Å². The average Bonchev–Trinajstić information content (AvgIpc) is 3.08. The summed E-state index contributed by atoms with van der Waals surface area (Å²) in [5.41, 5.74) is 0.674. The van der Waals surface area contributed by atoms with Gasteiger partial charge < -0.3 is 5.11 Å². The van der Waals surface area contributed by atoms with Gasteiger partial charge >= 0.3 is 0 Å². The summed E-state index contributed by atoms with van der Waals surface area (Å²) in [6.45, 7) is 2.00. The van der Waals surface area contributed by atoms with Crippen LogP contribution in [-0.4, -0.2) is 36.3 Å². The number of phenols is 1. The number of carbonyl (C=O) groups is 1. The summed E-state index contributed by atoms with van der Waals surface area (Å²) in [4.78, 5) is 13.5. The van der Waals surface area contributed by atoms with Crippen molar-refractivity contribution < 1.29 is 9.90 Å². The van der Waals surface area contributed by atoms with E-state index < -0.39 is 0 Å². The highest BCUT2D eigenvalue weighted by molar-refractivity contribution is 8.00. The van der Waals surface area contributed by atoms with Gasteiger partial charge in [-0.15, -0.1) is 5.10 Å². The van der Waals surface area contributed by atoms with Gasteiger partial charge in [0.1, 0.15) is 5.75 Å². The minimum absolute atomic E-state index is 0.0992. The Balaban J connectivity index is 1.35. The van der Waals surface area contributed by atoms with Crippen LogP contribution in [0.2, 0.25) is 0 Å². The summed E-state index contributed by atoms with van der Waals surface area (Å²) in [5.74, 6) is 2.89. The fourth-order valence-electron chi connectivity index (χ4n) is 6.06. The van der Waals surface area contributed by atoms with Gasteiger partial charge in [-0.3, -0.25) is 4.79 Å². The monoisotopic (exact) mass is 384 g/mol. The van der Waals surface area contributed by atoms with Crippen molar-refractivity contribution in [2.45, 2.75) is 55.9 Å². The number of hydrogen-bond acceptors (Lipinski definition) is 6. The van der Waals surface area contributed by atoms with Crippen LogP contribution in [0.25, 0.3) is 5.69 Å². The summed E-state index contributed by atoms with van der Waals surface area (Å²) in [6.07, 6.45) is 7.29. The fourth-order valence-corrected chi connectivity index (χ4v) is 7.06. The molecule has 142 valence electrons. The third-order valence-corrected chi connectivity index (χ3v) is 7.78. The Morgan fingerprint density at radius 1 is 1.15 bits per heavy atom. The number of Topliss-reactive ketones (excluding diaryl/α,β-unsaturated/α-hetero) is 1. The number of rotatable bonds is 5. The highest BCUT2D eigenvalue weighted by Gasteiger charge is 2.55. The van der Waals surface area contributed by atoms with E-state index in [0.29, 0.717) is 10.9 Å². The molecule has 4 aliphatic carbocycles. The molecule has 0 saturated heterocycles. The van der Waals surface area contributed by atoms with Crippen LogP contribution >= 0.6 is 11.8 Å². The lowest BCUT2D eigenvalue weighted by atomic mass is 9.48. The molecule has 4 fully saturated rings. The van der Waals surface area contributed by atoms with Crippen LogP contribution < -0.4 is 0 Å². The molecule has 1 unspecified atom stereocenters. The lowest BCUT2D eigenvalue weighted by molar-refractivity contribution is -0.142. The molecule has 4 aliphatic rings. The zero-order valence-corrected chi connectivity index (χ0v) is 16.2. The third-order valence-electron chi connectivity index (χ3n) is 6.75. The van der Waals surface area contributed by atoms with Gasteiger partial charge in [-0.25, -0.2) is 0 Å². The maximum Gasteiger partial charge on any atom is 0.214 e. The Bertz CT molecular complexity index is 828. The molecule has 6 nitrogen and oxygen atoms in total. The number of phenolic OH excluding ortho intramolecular Hbond substituents is 1. The van der Waals surface area contributed by atoms with Crippen LogP contribution in [0.5, 0.6) is 5.75 Å². The predicted molar refractivity (Wildman–Crippen MR) is 102 cm³/mol. The molecule has 6 rings (SSSR count). The number of ketones is 1. The number of thioether (sulfide) groups is 1. The van der Waals surface area contributed by atoms with E-state index in [1.807, 2.05) is 6.92 Å². The van der Waals surface area contributed by atoms with Crippen molar-refractivity contribution in [1.29, 1.82) is 0 Å². The Kier molecular flexibility index (Phi) is 4.04. The van der Waals surface area contributed by atoms with E-state index in [1.165, 1.54) is 31.0 Å². The zero-order valence-electron chi connectivity index (χ0n) is 15.4. The van der Waals surface area contributed by atoms with Gasteiger partial charge in [0.15, 0.2) is 5.78 Å². The SMILES string of the molecule is CC(Sc1nnnn1-c1ccc(O)cc1)C(=O)C12CC3CC(CC(C3)C1)C2. The number of benzene rings is 1. The smallest absolute Gasteiger partial charge is 0.214 e. The standard InChI is InChI=1S/C20H24N4O2S/c1-12(18(26)20-9-13-6-14(10-20)8-15(7-13)11-20)27-19-21-22-23-24(19)16-2-4-17(25)5-3-16/h2-5,12-15,25H,6-11H2,1H3. The van der Waals surface area contributed by atoms with Crippen molar-refractivity contribution in [2.24, 2.45) is 23.2 Å². The Hall–Kier alpha value is -1.89. The summed E-state index contributed by atoms with van der Waals surface area (Å²) in [6, 6.07) is 6.74. The molecule has 1 heterocycles. The topological polar surface area (TPSA) is 80.9 Å². The van der Waals surface area contributed by atoms with Gasteiger partial charge in [-0.2, -0.15) is 4.68 Å². The van der Waals surface area contributed by atoms with Crippen LogP contribution in [0.15, 0.2) is 29.4 Å². The van der Waals surface area contributed by atoms with E-state index in [4.69, 9.17) is 0 Å². The first kappa shape index (κ1) is 17.2. The van der Waals surface area contributed by atoms with Gasteiger partial charge in [0.2, 0.25) is 5.16 Å². The fraction of sp³-hybridized carbons (Fsp3) is 0.600. The molecule has 2 aromatic rings. The van der Waals surface area contributed by atoms with Gasteiger partial charge in [-0.1, -0.05) is 11.8 Å². The van der Waals surface area contributed by atoms with Crippen molar-refractivity contribution in [1.82, 2.24) is 20.2 Å². The van der Waals surface area contributed by atoms with E-state index in [1.54, 1.807) is 28.9 Å². The van der Waals surface area contributed by atoms with Gasteiger partial charge in [-0.05, 0) is 97.9 Å². The van der Waals surface area contributed by atoms with Crippen LogP contribution in [0.3, 0.4) is 0 Å². The molecule has 0 spiro atoms. The molecule has 4 bridgehead atoms. The molecule has 27 heavy (non-hydrogen) atoms. The van der Waals surface area contributed by atoms with Crippen LogP contribution in [0, 0.1) is 23.2 Å². The number of nitrogens with zero attached hydrogens (tertiary/aromatic N) is 4. The number of aromatic hydroxyl groups is 1. The largest absolute Gasteiger partial charge is 0.508 e. The highest BCUT2D eigenvalue weighted by Crippen LogP contribution is 2.61. The van der Waals surface area contributed by atoms with Crippen molar-refractivity contribution in [3.8, 4) is 11.4 Å². The summed E-state index contributed by atoms with van der Waals surface area (Å²) < 4.78 is 1.63. The van der Waals surface area contributed by atoms with Gasteiger partial charge in [0.05, 0.1) is 10.9 Å². The molecule has 7 heteroatoms. The molecule has 0 radical (unpaired) electrons. The second kappa shape index (κ2) is 6.33. The van der Waals surface area contributed by atoms with Crippen LogP contribution in [0.1, 0.15) is 45.4 Å². The summed E-state index contributed by atoms with van der Waals surface area (Å²) in [7, 11) is 0. The second-order valence-corrected chi connectivity index (χ2v) is 10.0. The average molecular weight is 385 g/mol. The first-order valence-corrected chi connectivity index (χ1v) is 10.7. The number of carbonyl (C=O) groups excluding carboxylic acids is 1. The van der Waals surface area contributed by atoms with E-state index in [9.17, 15) is 9.90 Å². The molecular weight excluding hydrogens is 360 g/mol. The van der Waals surface area contributed by atoms with Crippen molar-refractivity contribution in [2.75, 3.05) is 0 Å². The first-order valence-electron chi connectivity index (χ1n) is 9.81. The van der Waals surface area contributed by atoms with Gasteiger partial charge in [0.25, 0.3) is 0 Å². The second-order valence-electron chi connectivity index (χ2n) is 8.71. The normalized spacial score (nSPS) is 32.6.